The number of ketones is 2. The molecular formula is C50H45N6O9+3. The third-order valence-corrected chi connectivity index (χ3v) is 14.3. The van der Waals surface area contributed by atoms with Crippen molar-refractivity contribution >= 4 is 34.8 Å². The number of aromatic nitrogens is 2. The number of carbonyl (C=O) groups excluding carboxylic acids is 4. The van der Waals surface area contributed by atoms with Crippen LogP contribution < -0.4 is 36.1 Å². The number of hydrogen-bond donors (Lipinski definition) is 6. The van der Waals surface area contributed by atoms with Gasteiger partial charge in [-0.25, -0.2) is 4.57 Å². The molecule has 2 amide bonds. The molecule has 0 spiro atoms. The molecule has 0 saturated heterocycles. The number of nitrogens with one attached hydrogen (secondary N) is 2. The van der Waals surface area contributed by atoms with Gasteiger partial charge in [0.15, 0.2) is 18.9 Å². The Kier molecular flexibility index (Phi) is 8.31. The number of methoxy groups -OCH3 is 1. The second-order valence-corrected chi connectivity index (χ2v) is 17.8. The summed E-state index contributed by atoms with van der Waals surface area (Å²) in [6.45, 7) is 6.31. The number of aryl methyl sites for hydroxylation is 2. The summed E-state index contributed by atoms with van der Waals surface area (Å²) in [7, 11) is 1.44. The molecule has 2 aromatic heterocycles. The lowest BCUT2D eigenvalue weighted by molar-refractivity contribution is -0.699. The van der Waals surface area contributed by atoms with Gasteiger partial charge in [0, 0.05) is 58.2 Å². The molecule has 7 atom stereocenters. The van der Waals surface area contributed by atoms with Crippen LogP contribution in [0.15, 0.2) is 110 Å². The standard InChI is InChI=1S/C50H42N6O9/c1-24-16-31-37(17-25(24)2)64-50(62)33-9-5-11-35(51)39(33)41-42(31)48(50,44(41)58)55-45(59)28-8-7-15-56(23-28)22-26(3)27-13-14-32-38(19-27)65-49(61)34-10-6-12-36(52)40(34)43(57)47(32,49)54-46(60)29-18-30(63-4)21-53-20-29/h5-21,23,26,41-42,61-62H,22,51H2,1-4H3,(H3-,52,54,55,57,59,60)/p+3/t26?,41?,42-,47?,48?,49?,50?/m1/s1. The molecule has 10 N–H and O–H groups in total. The fourth-order valence-corrected chi connectivity index (χ4v) is 11.0. The summed E-state index contributed by atoms with van der Waals surface area (Å²) in [5.74, 6) is -6.62. The van der Waals surface area contributed by atoms with E-state index in [1.54, 1.807) is 66.9 Å². The number of nitrogen functional groups attached to an aromatic ring is 2. The topological polar surface area (TPSA) is 237 Å². The SMILES string of the molecule is COc1cncc(C(=O)NC23C(=O)c4c(N)cccc4C2(O)[OH+]c2cc(C(C)C[n+]4cccc(C(=O)NC56C(=[OH+])C7c8c(N)cccc8C5(O)Oc5cc(C)c(C)cc5[C@H]76)c4)ccc23)c1. The molecular weight excluding hydrogens is 829 g/mol. The van der Waals surface area contributed by atoms with E-state index in [1.165, 1.54) is 25.6 Å². The number of pyridine rings is 2. The van der Waals surface area contributed by atoms with Crippen molar-refractivity contribution in [3.8, 4) is 17.2 Å². The van der Waals surface area contributed by atoms with Crippen LogP contribution in [0.3, 0.4) is 0 Å². The summed E-state index contributed by atoms with van der Waals surface area (Å²) in [4.78, 5) is 59.0. The summed E-state index contributed by atoms with van der Waals surface area (Å²) >= 11 is 0. The van der Waals surface area contributed by atoms with Crippen LogP contribution in [0.2, 0.25) is 0 Å². The average molecular weight is 874 g/mol. The first kappa shape index (κ1) is 40.2. The highest BCUT2D eigenvalue weighted by Crippen LogP contribution is 2.70. The zero-order chi connectivity index (χ0) is 45.5. The van der Waals surface area contributed by atoms with Crippen LogP contribution in [0, 0.1) is 13.8 Å². The molecule has 6 aromatic rings. The van der Waals surface area contributed by atoms with E-state index in [1.807, 2.05) is 49.7 Å². The molecule has 5 aliphatic rings. The Morgan fingerprint density at radius 3 is 2.45 bits per heavy atom. The Labute approximate surface area is 372 Å². The van der Waals surface area contributed by atoms with Crippen molar-refractivity contribution in [2.75, 3.05) is 18.6 Å². The van der Waals surface area contributed by atoms with E-state index in [-0.39, 0.29) is 39.6 Å². The Balaban J connectivity index is 0.896. The van der Waals surface area contributed by atoms with Crippen LogP contribution in [-0.4, -0.2) is 60.8 Å². The number of rotatable bonds is 8. The molecule has 15 heteroatoms. The van der Waals surface area contributed by atoms with Crippen LogP contribution in [0.25, 0.3) is 0 Å². The van der Waals surface area contributed by atoms with Crippen molar-refractivity contribution in [1.29, 1.82) is 0 Å². The lowest BCUT2D eigenvalue weighted by Gasteiger charge is -2.63. The van der Waals surface area contributed by atoms with Crippen LogP contribution in [0.4, 0.5) is 11.4 Å². The first-order chi connectivity index (χ1) is 31.1. The Morgan fingerprint density at radius 2 is 1.66 bits per heavy atom. The van der Waals surface area contributed by atoms with Crippen molar-refractivity contribution in [2.24, 2.45) is 0 Å². The van der Waals surface area contributed by atoms with Crippen LogP contribution in [0.5, 0.6) is 17.2 Å². The molecule has 65 heavy (non-hydrogen) atoms. The molecule has 15 nitrogen and oxygen atoms in total. The predicted molar refractivity (Wildman–Crippen MR) is 236 cm³/mol. The van der Waals surface area contributed by atoms with Gasteiger partial charge in [-0.3, -0.25) is 24.2 Å². The fourth-order valence-electron chi connectivity index (χ4n) is 11.0. The third-order valence-electron chi connectivity index (χ3n) is 14.3. The van der Waals surface area contributed by atoms with Gasteiger partial charge >= 0.3 is 11.6 Å². The highest BCUT2D eigenvalue weighted by molar-refractivity contribution is 6.16. The number of hydrogen-bond acceptors (Lipinski definition) is 10. The van der Waals surface area contributed by atoms with Gasteiger partial charge in [-0.1, -0.05) is 37.3 Å². The minimum absolute atomic E-state index is 0.0777. The second kappa shape index (κ2) is 13.5. The largest absolute Gasteiger partial charge is 0.552 e. The summed E-state index contributed by atoms with van der Waals surface area (Å²) in [5.41, 5.74) is 15.0. The van der Waals surface area contributed by atoms with Crippen LogP contribution in [-0.2, 0) is 23.7 Å². The predicted octanol–water partition coefficient (Wildman–Crippen LogP) is 4.03. The van der Waals surface area contributed by atoms with E-state index in [9.17, 15) is 29.4 Å². The summed E-state index contributed by atoms with van der Waals surface area (Å²) in [6, 6.07) is 23.9. The Bertz CT molecular complexity index is 3160. The normalized spacial score (nSPS) is 26.2. The highest BCUT2D eigenvalue weighted by Gasteiger charge is 2.85. The van der Waals surface area contributed by atoms with Crippen molar-refractivity contribution < 1.29 is 48.2 Å². The maximum absolute atomic E-state index is 14.6. The third kappa shape index (κ3) is 5.07. The minimum atomic E-state index is -2.23. The molecule has 11 rings (SSSR count). The van der Waals surface area contributed by atoms with Gasteiger partial charge in [-0.15, -0.1) is 0 Å². The number of carbonyl (C=O) groups is 3. The van der Waals surface area contributed by atoms with Gasteiger partial charge in [0.1, 0.15) is 23.0 Å². The summed E-state index contributed by atoms with van der Waals surface area (Å²) in [6.07, 6.45) is 6.29. The molecule has 4 bridgehead atoms. The van der Waals surface area contributed by atoms with E-state index in [0.29, 0.717) is 46.2 Å². The van der Waals surface area contributed by atoms with E-state index < -0.39 is 52.1 Å². The number of fused-ring (bicyclic) bond motifs is 9. The summed E-state index contributed by atoms with van der Waals surface area (Å²) in [5, 5.41) is 31.2. The van der Waals surface area contributed by atoms with Gasteiger partial charge in [-0.05, 0) is 73.0 Å². The molecule has 6 unspecified atom stereocenters. The maximum atomic E-state index is 14.6. The van der Waals surface area contributed by atoms with E-state index >= 15 is 0 Å². The zero-order valence-electron chi connectivity index (χ0n) is 35.7. The lowest BCUT2D eigenvalue weighted by atomic mass is 9.43. The smallest absolute Gasteiger partial charge is 0.368 e. The maximum Gasteiger partial charge on any atom is 0.368 e. The number of nitrogens with two attached hydrogens (primary N) is 2. The number of Topliss-reactive ketones (excluding diaryl/α,β-unsaturated/α-hetero) is 1. The number of nitrogens with zero attached hydrogens (tertiary/aromatic N) is 2. The van der Waals surface area contributed by atoms with E-state index in [4.69, 9.17) is 25.7 Å². The van der Waals surface area contributed by atoms with Crippen LogP contribution in [0.1, 0.15) is 100 Å². The quantitative estimate of drug-likeness (QED) is 0.0730. The highest BCUT2D eigenvalue weighted by atomic mass is 16.6. The zero-order valence-corrected chi connectivity index (χ0v) is 35.7. The first-order valence-corrected chi connectivity index (χ1v) is 21.2. The number of ether oxygens (including phenoxy) is 3. The number of aromatic hydroxyl groups is 1. The Morgan fingerprint density at radius 1 is 0.923 bits per heavy atom. The van der Waals surface area contributed by atoms with E-state index in [2.05, 4.69) is 15.6 Å². The van der Waals surface area contributed by atoms with Crippen LogP contribution >= 0.6 is 0 Å². The molecule has 4 heterocycles. The number of anilines is 2. The molecule has 3 aliphatic carbocycles. The van der Waals surface area contributed by atoms with Crippen molar-refractivity contribution in [1.82, 2.24) is 15.6 Å². The molecule has 326 valence electrons. The van der Waals surface area contributed by atoms with Gasteiger partial charge < -0.3 is 46.5 Å². The second-order valence-electron chi connectivity index (χ2n) is 17.8. The number of aliphatic hydroxyl groups is 3. The summed E-state index contributed by atoms with van der Waals surface area (Å²) < 4.78 is 18.3. The molecule has 4 aromatic carbocycles. The van der Waals surface area contributed by atoms with Crippen molar-refractivity contribution in [3.05, 3.63) is 171 Å². The van der Waals surface area contributed by atoms with Crippen molar-refractivity contribution in [2.45, 2.75) is 67.7 Å². The van der Waals surface area contributed by atoms with Gasteiger partial charge in [0.2, 0.25) is 11.3 Å². The lowest BCUT2D eigenvalue weighted by Crippen LogP contribution is -2.83. The first-order valence-electron chi connectivity index (χ1n) is 21.2. The molecule has 1 saturated carbocycles. The Hall–Kier alpha value is -7.62. The molecule has 0 radical (unpaired) electrons. The molecule has 2 aliphatic heterocycles. The van der Waals surface area contributed by atoms with Gasteiger partial charge in [0.05, 0.1) is 35.6 Å². The number of benzene rings is 4. The number of amides is 2. The van der Waals surface area contributed by atoms with Gasteiger partial charge in [0.25, 0.3) is 28.9 Å². The molecule has 1 fully saturated rings. The van der Waals surface area contributed by atoms with Gasteiger partial charge in [-0.2, -0.15) is 0 Å². The average Bonchev–Trinajstić information content (AvgIpc) is 3.65. The van der Waals surface area contributed by atoms with E-state index in [0.717, 1.165) is 22.3 Å². The van der Waals surface area contributed by atoms with Crippen molar-refractivity contribution in [3.63, 3.8) is 0 Å². The monoisotopic (exact) mass is 873 g/mol. The fraction of sp³-hybridized carbons (Fsp3) is 0.240. The minimum Gasteiger partial charge on any atom is -0.552 e.